The first kappa shape index (κ1) is 17.4. The van der Waals surface area contributed by atoms with Gasteiger partial charge in [0.2, 0.25) is 0 Å². The van der Waals surface area contributed by atoms with Crippen LogP contribution in [0.15, 0.2) is 48.5 Å². The van der Waals surface area contributed by atoms with Crippen molar-refractivity contribution in [2.75, 3.05) is 6.61 Å². The Bertz CT molecular complexity index is 611. The van der Waals surface area contributed by atoms with E-state index in [-0.39, 0.29) is 11.0 Å². The van der Waals surface area contributed by atoms with Crippen LogP contribution in [0.3, 0.4) is 0 Å². The second-order valence-corrected chi connectivity index (χ2v) is 8.11. The van der Waals surface area contributed by atoms with Crippen LogP contribution in [0.1, 0.15) is 41.5 Å². The standard InChI is InChI=1S/C21H28O2/c1-20(2,3)15-22-18-11-7-16(8-12-18)17-9-13-19(14-10-17)23-21(4,5)6/h7-14H,15H2,1-6H3. The molecular formula is C21H28O2. The van der Waals surface area contributed by atoms with Crippen LogP contribution in [0.2, 0.25) is 0 Å². The van der Waals surface area contributed by atoms with Gasteiger partial charge in [-0.1, -0.05) is 45.0 Å². The number of hydrogen-bond acceptors (Lipinski definition) is 2. The zero-order valence-electron chi connectivity index (χ0n) is 15.1. The van der Waals surface area contributed by atoms with Crippen LogP contribution in [-0.2, 0) is 0 Å². The normalized spacial score (nSPS) is 12.1. The molecule has 2 nitrogen and oxygen atoms in total. The van der Waals surface area contributed by atoms with Crippen molar-refractivity contribution in [1.82, 2.24) is 0 Å². The quantitative estimate of drug-likeness (QED) is 0.694. The molecule has 2 aromatic rings. The molecule has 0 aromatic heterocycles. The third-order valence-corrected chi connectivity index (χ3v) is 3.14. The molecule has 0 aliphatic carbocycles. The minimum absolute atomic E-state index is 0.168. The third-order valence-electron chi connectivity index (χ3n) is 3.14. The van der Waals surface area contributed by atoms with Gasteiger partial charge in [-0.05, 0) is 61.6 Å². The van der Waals surface area contributed by atoms with Gasteiger partial charge in [0.15, 0.2) is 0 Å². The smallest absolute Gasteiger partial charge is 0.120 e. The van der Waals surface area contributed by atoms with Gasteiger partial charge in [0.25, 0.3) is 0 Å². The fraction of sp³-hybridized carbons (Fsp3) is 0.429. The van der Waals surface area contributed by atoms with Gasteiger partial charge >= 0.3 is 0 Å². The SMILES string of the molecule is CC(C)(C)COc1ccc(-c2ccc(OC(C)(C)C)cc2)cc1. The predicted molar refractivity (Wildman–Crippen MR) is 97.2 cm³/mol. The van der Waals surface area contributed by atoms with E-state index < -0.39 is 0 Å². The van der Waals surface area contributed by atoms with E-state index >= 15 is 0 Å². The topological polar surface area (TPSA) is 18.5 Å². The molecule has 0 atom stereocenters. The highest BCUT2D eigenvalue weighted by atomic mass is 16.5. The Morgan fingerprint density at radius 2 is 1.09 bits per heavy atom. The van der Waals surface area contributed by atoms with Gasteiger partial charge in [-0.3, -0.25) is 0 Å². The van der Waals surface area contributed by atoms with Gasteiger partial charge in [-0.15, -0.1) is 0 Å². The van der Waals surface area contributed by atoms with Crippen LogP contribution < -0.4 is 9.47 Å². The van der Waals surface area contributed by atoms with E-state index in [1.54, 1.807) is 0 Å². The molecule has 2 aromatic carbocycles. The zero-order valence-corrected chi connectivity index (χ0v) is 15.1. The maximum absolute atomic E-state index is 5.86. The first-order valence-corrected chi connectivity index (χ1v) is 8.15. The Balaban J connectivity index is 2.04. The zero-order chi connectivity index (χ0) is 17.1. The number of ether oxygens (including phenoxy) is 2. The van der Waals surface area contributed by atoms with Crippen LogP contribution >= 0.6 is 0 Å². The maximum atomic E-state index is 5.86. The summed E-state index contributed by atoms with van der Waals surface area (Å²) in [5.41, 5.74) is 2.35. The van der Waals surface area contributed by atoms with Crippen LogP contribution in [-0.4, -0.2) is 12.2 Å². The largest absolute Gasteiger partial charge is 0.493 e. The van der Waals surface area contributed by atoms with Crippen LogP contribution in [0, 0.1) is 5.41 Å². The van der Waals surface area contributed by atoms with Crippen molar-refractivity contribution in [1.29, 1.82) is 0 Å². The average molecular weight is 312 g/mol. The fourth-order valence-corrected chi connectivity index (χ4v) is 2.11. The van der Waals surface area contributed by atoms with Crippen molar-refractivity contribution < 1.29 is 9.47 Å². The lowest BCUT2D eigenvalue weighted by atomic mass is 9.99. The summed E-state index contributed by atoms with van der Waals surface area (Å²) >= 11 is 0. The van der Waals surface area contributed by atoms with Crippen molar-refractivity contribution in [3.8, 4) is 22.6 Å². The van der Waals surface area contributed by atoms with Gasteiger partial charge in [-0.25, -0.2) is 0 Å². The van der Waals surface area contributed by atoms with Crippen LogP contribution in [0.25, 0.3) is 11.1 Å². The molecule has 2 heteroatoms. The third kappa shape index (κ3) is 5.97. The molecule has 0 fully saturated rings. The van der Waals surface area contributed by atoms with Gasteiger partial charge < -0.3 is 9.47 Å². The van der Waals surface area contributed by atoms with Gasteiger partial charge in [-0.2, -0.15) is 0 Å². The molecule has 2 rings (SSSR count). The highest BCUT2D eigenvalue weighted by molar-refractivity contribution is 5.64. The van der Waals surface area contributed by atoms with Crippen molar-refractivity contribution in [3.63, 3.8) is 0 Å². The van der Waals surface area contributed by atoms with Crippen LogP contribution in [0.5, 0.6) is 11.5 Å². The summed E-state index contributed by atoms with van der Waals surface area (Å²) in [6, 6.07) is 16.5. The lowest BCUT2D eigenvalue weighted by molar-refractivity contribution is 0.131. The number of hydrogen-bond donors (Lipinski definition) is 0. The molecule has 0 N–H and O–H groups in total. The van der Waals surface area contributed by atoms with Crippen molar-refractivity contribution in [3.05, 3.63) is 48.5 Å². The van der Waals surface area contributed by atoms with Crippen molar-refractivity contribution >= 4 is 0 Å². The monoisotopic (exact) mass is 312 g/mol. The first-order chi connectivity index (χ1) is 10.6. The highest BCUT2D eigenvalue weighted by Gasteiger charge is 2.12. The van der Waals surface area contributed by atoms with E-state index in [2.05, 4.69) is 65.8 Å². The molecule has 0 spiro atoms. The second-order valence-electron chi connectivity index (χ2n) is 8.11. The molecule has 23 heavy (non-hydrogen) atoms. The van der Waals surface area contributed by atoms with Crippen LogP contribution in [0.4, 0.5) is 0 Å². The van der Waals surface area contributed by atoms with E-state index in [9.17, 15) is 0 Å². The summed E-state index contributed by atoms with van der Waals surface area (Å²) in [5, 5.41) is 0. The Morgan fingerprint density at radius 3 is 1.48 bits per heavy atom. The summed E-state index contributed by atoms with van der Waals surface area (Å²) in [5.74, 6) is 1.81. The molecule has 0 aliphatic heterocycles. The first-order valence-electron chi connectivity index (χ1n) is 8.15. The summed E-state index contributed by atoms with van der Waals surface area (Å²) in [6.45, 7) is 13.4. The predicted octanol–water partition coefficient (Wildman–Crippen LogP) is 5.96. The van der Waals surface area contributed by atoms with E-state index in [0.717, 1.165) is 11.5 Å². The Hall–Kier alpha value is -1.96. The lowest BCUT2D eigenvalue weighted by Crippen LogP contribution is -2.22. The number of benzene rings is 2. The molecule has 0 bridgehead atoms. The molecule has 0 radical (unpaired) electrons. The lowest BCUT2D eigenvalue weighted by Gasteiger charge is -2.21. The maximum Gasteiger partial charge on any atom is 0.120 e. The van der Waals surface area contributed by atoms with Gasteiger partial charge in [0.1, 0.15) is 17.1 Å². The van der Waals surface area contributed by atoms with Crippen molar-refractivity contribution in [2.24, 2.45) is 5.41 Å². The minimum Gasteiger partial charge on any atom is -0.493 e. The van der Waals surface area contributed by atoms with Gasteiger partial charge in [0, 0.05) is 0 Å². The molecule has 0 unspecified atom stereocenters. The molecule has 0 aliphatic rings. The summed E-state index contributed by atoms with van der Waals surface area (Å²) in [7, 11) is 0. The molecule has 0 amide bonds. The molecule has 0 saturated carbocycles. The number of rotatable bonds is 4. The minimum atomic E-state index is -0.173. The highest BCUT2D eigenvalue weighted by Crippen LogP contribution is 2.26. The molecule has 0 heterocycles. The second kappa shape index (κ2) is 6.66. The van der Waals surface area contributed by atoms with Crippen molar-refractivity contribution in [2.45, 2.75) is 47.1 Å². The van der Waals surface area contributed by atoms with E-state index in [0.29, 0.717) is 6.61 Å². The summed E-state index contributed by atoms with van der Waals surface area (Å²) in [6.07, 6.45) is 0. The molecular weight excluding hydrogens is 284 g/mol. The fourth-order valence-electron chi connectivity index (χ4n) is 2.11. The molecule has 124 valence electrons. The Kier molecular flexibility index (Phi) is 5.03. The van der Waals surface area contributed by atoms with Gasteiger partial charge in [0.05, 0.1) is 6.61 Å². The average Bonchev–Trinajstić information content (AvgIpc) is 2.44. The van der Waals surface area contributed by atoms with E-state index in [1.807, 2.05) is 24.3 Å². The van der Waals surface area contributed by atoms with E-state index in [1.165, 1.54) is 11.1 Å². The summed E-state index contributed by atoms with van der Waals surface area (Å²) in [4.78, 5) is 0. The Morgan fingerprint density at radius 1 is 0.652 bits per heavy atom. The Labute approximate surface area is 140 Å². The summed E-state index contributed by atoms with van der Waals surface area (Å²) < 4.78 is 11.7. The molecule has 0 saturated heterocycles. The van der Waals surface area contributed by atoms with E-state index in [4.69, 9.17) is 9.47 Å².